The van der Waals surface area contributed by atoms with Crippen molar-refractivity contribution in [2.45, 2.75) is 12.5 Å². The molecule has 2 aromatic carbocycles. The highest BCUT2D eigenvalue weighted by Gasteiger charge is 2.37. The van der Waals surface area contributed by atoms with Crippen molar-refractivity contribution in [2.24, 2.45) is 11.7 Å². The molecule has 1 fully saturated rings. The van der Waals surface area contributed by atoms with E-state index in [1.807, 2.05) is 11.0 Å². The molecule has 1 aliphatic heterocycles. The monoisotopic (exact) mass is 449 g/mol. The highest BCUT2D eigenvalue weighted by atomic mass is 16.5. The van der Waals surface area contributed by atoms with Gasteiger partial charge in [0.05, 0.1) is 17.8 Å². The third-order valence-electron chi connectivity index (χ3n) is 5.32. The molecular weight excluding hydrogens is 426 g/mol. The molecule has 0 unspecified atom stereocenters. The highest BCUT2D eigenvalue weighted by molar-refractivity contribution is 5.92. The molecular formula is C22H23N7O4. The number of nitrogens with two attached hydrogens (primary N) is 1. The molecule has 0 spiro atoms. The number of amides is 2. The Morgan fingerprint density at radius 2 is 1.82 bits per heavy atom. The van der Waals surface area contributed by atoms with E-state index in [0.29, 0.717) is 24.3 Å². The van der Waals surface area contributed by atoms with Crippen LogP contribution in [0.15, 0.2) is 60.9 Å². The summed E-state index contributed by atoms with van der Waals surface area (Å²) in [5.41, 5.74) is 7.19. The number of nitrogens with zero attached hydrogens (tertiary/aromatic N) is 5. The number of tetrazole rings is 1. The molecule has 33 heavy (non-hydrogen) atoms. The van der Waals surface area contributed by atoms with Gasteiger partial charge in [0.15, 0.2) is 0 Å². The van der Waals surface area contributed by atoms with Gasteiger partial charge in [-0.3, -0.25) is 14.5 Å². The molecule has 1 saturated heterocycles. The minimum atomic E-state index is -0.534. The van der Waals surface area contributed by atoms with Crippen molar-refractivity contribution < 1.29 is 19.1 Å². The Kier molecular flexibility index (Phi) is 6.69. The Bertz CT molecular complexity index is 1100. The number of benzene rings is 2. The van der Waals surface area contributed by atoms with Crippen LogP contribution in [-0.4, -0.2) is 68.6 Å². The molecule has 1 aliphatic rings. The summed E-state index contributed by atoms with van der Waals surface area (Å²) in [4.78, 5) is 38.4. The first-order valence-corrected chi connectivity index (χ1v) is 10.4. The molecule has 11 nitrogen and oxygen atoms in total. The molecule has 2 amide bonds. The van der Waals surface area contributed by atoms with Crippen LogP contribution in [0.2, 0.25) is 0 Å². The number of primary amides is 1. The van der Waals surface area contributed by atoms with Gasteiger partial charge >= 0.3 is 5.97 Å². The zero-order chi connectivity index (χ0) is 23.2. The van der Waals surface area contributed by atoms with Gasteiger partial charge in [0.1, 0.15) is 12.4 Å². The van der Waals surface area contributed by atoms with Crippen LogP contribution in [0.1, 0.15) is 16.8 Å². The van der Waals surface area contributed by atoms with E-state index in [9.17, 15) is 14.4 Å². The lowest BCUT2D eigenvalue weighted by Gasteiger charge is -2.18. The van der Waals surface area contributed by atoms with E-state index in [-0.39, 0.29) is 24.8 Å². The fourth-order valence-corrected chi connectivity index (χ4v) is 3.80. The van der Waals surface area contributed by atoms with Crippen LogP contribution in [0.5, 0.6) is 0 Å². The molecule has 170 valence electrons. The van der Waals surface area contributed by atoms with Crippen LogP contribution < -0.4 is 11.1 Å². The minimum absolute atomic E-state index is 0.0729. The second kappa shape index (κ2) is 10.0. The summed E-state index contributed by atoms with van der Waals surface area (Å²) in [6, 6.07) is 15.7. The van der Waals surface area contributed by atoms with Gasteiger partial charge in [-0.15, -0.1) is 5.10 Å². The summed E-state index contributed by atoms with van der Waals surface area (Å²) in [7, 11) is 0. The summed E-state index contributed by atoms with van der Waals surface area (Å²) in [5, 5.41) is 13.8. The number of anilines is 1. The second-order valence-electron chi connectivity index (χ2n) is 7.78. The lowest BCUT2D eigenvalue weighted by molar-refractivity contribution is -0.119. The van der Waals surface area contributed by atoms with E-state index in [2.05, 4.69) is 20.8 Å². The predicted octanol–water partition coefficient (Wildman–Crippen LogP) is 0.634. The first kappa shape index (κ1) is 22.1. The number of aromatic nitrogens is 4. The highest BCUT2D eigenvalue weighted by Crippen LogP contribution is 2.24. The molecule has 0 radical (unpaired) electrons. The number of hydrogen-bond donors (Lipinski definition) is 2. The first-order chi connectivity index (χ1) is 16.0. The van der Waals surface area contributed by atoms with Crippen molar-refractivity contribution in [3.05, 3.63) is 66.5 Å². The zero-order valence-corrected chi connectivity index (χ0v) is 17.7. The standard InChI is InChI=1S/C22H23N7O4/c23-20(30)10-16-11-28(12-19(16)33-22(32)15-4-2-1-3-5-15)13-21(31)25-17-6-8-18(9-7-17)29-14-24-26-27-29/h1-9,14,16,19H,10-13H2,(H2,23,30)(H,25,31)/t16-,19+/m0/s1. The molecule has 0 bridgehead atoms. The first-order valence-electron chi connectivity index (χ1n) is 10.4. The molecule has 1 aromatic heterocycles. The number of esters is 1. The molecule has 3 aromatic rings. The van der Waals surface area contributed by atoms with Crippen molar-refractivity contribution in [3.8, 4) is 5.69 Å². The Hall–Kier alpha value is -4.12. The quantitative estimate of drug-likeness (QED) is 0.476. The lowest BCUT2D eigenvalue weighted by atomic mass is 10.0. The average Bonchev–Trinajstić information content (AvgIpc) is 3.45. The summed E-state index contributed by atoms with van der Waals surface area (Å²) < 4.78 is 7.16. The molecule has 4 rings (SSSR count). The van der Waals surface area contributed by atoms with Gasteiger partial charge in [0.2, 0.25) is 11.8 Å². The average molecular weight is 449 g/mol. The smallest absolute Gasteiger partial charge is 0.338 e. The fourth-order valence-electron chi connectivity index (χ4n) is 3.80. The Labute approximate surface area is 189 Å². The van der Waals surface area contributed by atoms with Crippen LogP contribution >= 0.6 is 0 Å². The number of ether oxygens (including phenoxy) is 1. The van der Waals surface area contributed by atoms with E-state index in [4.69, 9.17) is 10.5 Å². The van der Waals surface area contributed by atoms with E-state index < -0.39 is 18.0 Å². The van der Waals surface area contributed by atoms with Crippen LogP contribution in [0, 0.1) is 5.92 Å². The molecule has 2 atom stereocenters. The largest absolute Gasteiger partial charge is 0.457 e. The van der Waals surface area contributed by atoms with E-state index in [1.54, 1.807) is 48.5 Å². The third-order valence-corrected chi connectivity index (χ3v) is 5.32. The number of likely N-dealkylation sites (tertiary alicyclic amines) is 1. The van der Waals surface area contributed by atoms with Gasteiger partial charge in [-0.05, 0) is 46.8 Å². The Balaban J connectivity index is 1.34. The number of hydrogen-bond acceptors (Lipinski definition) is 8. The lowest BCUT2D eigenvalue weighted by Crippen LogP contribution is -2.33. The van der Waals surface area contributed by atoms with Crippen molar-refractivity contribution in [1.29, 1.82) is 0 Å². The van der Waals surface area contributed by atoms with Gasteiger partial charge < -0.3 is 15.8 Å². The van der Waals surface area contributed by atoms with Gasteiger partial charge in [-0.1, -0.05) is 18.2 Å². The third kappa shape index (κ3) is 5.77. The Morgan fingerprint density at radius 1 is 1.06 bits per heavy atom. The molecule has 11 heteroatoms. The number of nitrogens with one attached hydrogen (secondary N) is 1. The van der Waals surface area contributed by atoms with E-state index in [0.717, 1.165) is 5.69 Å². The summed E-state index contributed by atoms with van der Waals surface area (Å²) in [6.45, 7) is 0.840. The van der Waals surface area contributed by atoms with E-state index in [1.165, 1.54) is 11.0 Å². The molecule has 3 N–H and O–H groups in total. The predicted molar refractivity (Wildman–Crippen MR) is 117 cm³/mol. The van der Waals surface area contributed by atoms with Gasteiger partial charge in [-0.25, -0.2) is 9.48 Å². The second-order valence-corrected chi connectivity index (χ2v) is 7.78. The number of carbonyl (C=O) groups is 3. The van der Waals surface area contributed by atoms with Crippen LogP contribution in [0.3, 0.4) is 0 Å². The summed E-state index contributed by atoms with van der Waals surface area (Å²) in [6.07, 6.45) is 1.02. The van der Waals surface area contributed by atoms with Crippen LogP contribution in [0.25, 0.3) is 5.69 Å². The fraction of sp³-hybridized carbons (Fsp3) is 0.273. The molecule has 0 saturated carbocycles. The Morgan fingerprint density at radius 3 is 2.48 bits per heavy atom. The number of carbonyl (C=O) groups excluding carboxylic acids is 3. The van der Waals surface area contributed by atoms with Gasteiger partial charge in [0, 0.05) is 31.1 Å². The van der Waals surface area contributed by atoms with Crippen LogP contribution in [0.4, 0.5) is 5.69 Å². The molecule has 2 heterocycles. The van der Waals surface area contributed by atoms with Crippen molar-refractivity contribution >= 4 is 23.5 Å². The minimum Gasteiger partial charge on any atom is -0.457 e. The van der Waals surface area contributed by atoms with Crippen molar-refractivity contribution in [3.63, 3.8) is 0 Å². The number of rotatable bonds is 8. The SMILES string of the molecule is NC(=O)C[C@H]1CN(CC(=O)Nc2ccc(-n3cnnn3)cc2)C[C@H]1OC(=O)c1ccccc1. The molecule has 0 aliphatic carbocycles. The normalized spacial score (nSPS) is 18.1. The summed E-state index contributed by atoms with van der Waals surface area (Å²) >= 11 is 0. The maximum absolute atomic E-state index is 12.6. The summed E-state index contributed by atoms with van der Waals surface area (Å²) in [5.74, 6) is -1.45. The van der Waals surface area contributed by atoms with E-state index >= 15 is 0 Å². The van der Waals surface area contributed by atoms with Crippen molar-refractivity contribution in [2.75, 3.05) is 25.0 Å². The van der Waals surface area contributed by atoms with Crippen LogP contribution in [-0.2, 0) is 14.3 Å². The topological polar surface area (TPSA) is 145 Å². The van der Waals surface area contributed by atoms with Gasteiger partial charge in [0.25, 0.3) is 0 Å². The maximum atomic E-state index is 12.6. The zero-order valence-electron chi connectivity index (χ0n) is 17.7. The maximum Gasteiger partial charge on any atom is 0.338 e. The van der Waals surface area contributed by atoms with Gasteiger partial charge in [-0.2, -0.15) is 0 Å². The van der Waals surface area contributed by atoms with Crippen molar-refractivity contribution in [1.82, 2.24) is 25.1 Å².